The zero-order valence-electron chi connectivity index (χ0n) is 19.6. The van der Waals surface area contributed by atoms with Crippen molar-refractivity contribution in [2.45, 2.75) is 39.2 Å². The molecule has 1 amide bonds. The van der Waals surface area contributed by atoms with Crippen molar-refractivity contribution in [1.29, 1.82) is 0 Å². The van der Waals surface area contributed by atoms with Gasteiger partial charge in [0.05, 0.1) is 0 Å². The number of carbonyl (C=O) groups excluding carboxylic acids is 1. The van der Waals surface area contributed by atoms with Crippen LogP contribution >= 0.6 is 11.8 Å². The minimum absolute atomic E-state index is 0.141. The second-order valence-corrected chi connectivity index (χ2v) is 10.7. The predicted octanol–water partition coefficient (Wildman–Crippen LogP) is 2.91. The van der Waals surface area contributed by atoms with E-state index in [1.54, 1.807) is 0 Å². The zero-order valence-corrected chi connectivity index (χ0v) is 20.5. The molecule has 32 heavy (non-hydrogen) atoms. The fourth-order valence-corrected chi connectivity index (χ4v) is 6.48. The number of aromatic nitrogens is 2. The molecule has 0 saturated carbocycles. The SMILES string of the molecule is Cc1cccc(N2CCN([C@@H]3CCc4c(c(C(=O)N5CCSCC5)nn4C)C3)CC2)c1C. The summed E-state index contributed by atoms with van der Waals surface area (Å²) < 4.78 is 1.97. The highest BCUT2D eigenvalue weighted by Crippen LogP contribution is 2.30. The molecule has 7 heteroatoms. The van der Waals surface area contributed by atoms with Gasteiger partial charge in [0.25, 0.3) is 5.91 Å². The Hall–Kier alpha value is -1.99. The third-order valence-corrected chi connectivity index (χ3v) is 8.62. The molecule has 2 aliphatic heterocycles. The number of amides is 1. The largest absolute Gasteiger partial charge is 0.369 e. The molecule has 2 saturated heterocycles. The molecule has 0 unspecified atom stereocenters. The lowest BCUT2D eigenvalue weighted by molar-refractivity contribution is 0.0763. The van der Waals surface area contributed by atoms with Crippen LogP contribution in [0.3, 0.4) is 0 Å². The van der Waals surface area contributed by atoms with Gasteiger partial charge in [0.2, 0.25) is 0 Å². The maximum absolute atomic E-state index is 13.2. The molecule has 3 aliphatic rings. The van der Waals surface area contributed by atoms with Gasteiger partial charge in [-0.05, 0) is 50.3 Å². The van der Waals surface area contributed by atoms with Crippen LogP contribution in [0.4, 0.5) is 5.69 Å². The highest BCUT2D eigenvalue weighted by molar-refractivity contribution is 7.99. The third kappa shape index (κ3) is 4.05. The molecule has 2 fully saturated rings. The minimum atomic E-state index is 0.141. The third-order valence-electron chi connectivity index (χ3n) is 7.68. The van der Waals surface area contributed by atoms with Gasteiger partial charge < -0.3 is 9.80 Å². The number of hydrogen-bond acceptors (Lipinski definition) is 5. The van der Waals surface area contributed by atoms with E-state index in [1.165, 1.54) is 28.1 Å². The summed E-state index contributed by atoms with van der Waals surface area (Å²) in [6.45, 7) is 10.4. The lowest BCUT2D eigenvalue weighted by Crippen LogP contribution is -2.52. The Morgan fingerprint density at radius 2 is 1.81 bits per heavy atom. The van der Waals surface area contributed by atoms with E-state index in [-0.39, 0.29) is 5.91 Å². The summed E-state index contributed by atoms with van der Waals surface area (Å²) in [4.78, 5) is 20.5. The summed E-state index contributed by atoms with van der Waals surface area (Å²) in [5.41, 5.74) is 7.35. The Labute approximate surface area is 195 Å². The van der Waals surface area contributed by atoms with Gasteiger partial charge in [-0.3, -0.25) is 14.4 Å². The second kappa shape index (κ2) is 9.10. The van der Waals surface area contributed by atoms with Gasteiger partial charge in [0, 0.05) is 80.8 Å². The Kier molecular flexibility index (Phi) is 6.21. The topological polar surface area (TPSA) is 44.6 Å². The van der Waals surface area contributed by atoms with Crippen LogP contribution in [0.15, 0.2) is 18.2 Å². The van der Waals surface area contributed by atoms with Crippen LogP contribution in [0.1, 0.15) is 39.3 Å². The van der Waals surface area contributed by atoms with Crippen molar-refractivity contribution in [2.24, 2.45) is 7.05 Å². The van der Waals surface area contributed by atoms with E-state index >= 15 is 0 Å². The molecule has 1 aliphatic carbocycles. The van der Waals surface area contributed by atoms with Crippen LogP contribution in [-0.4, -0.2) is 82.3 Å². The number of aryl methyl sites for hydroxylation is 2. The van der Waals surface area contributed by atoms with Crippen molar-refractivity contribution in [3.05, 3.63) is 46.3 Å². The van der Waals surface area contributed by atoms with Crippen molar-refractivity contribution in [3.8, 4) is 0 Å². The van der Waals surface area contributed by atoms with Crippen molar-refractivity contribution in [2.75, 3.05) is 55.7 Å². The Bertz CT molecular complexity index is 988. The first-order chi connectivity index (χ1) is 15.5. The van der Waals surface area contributed by atoms with Gasteiger partial charge in [0.1, 0.15) is 0 Å². The highest BCUT2D eigenvalue weighted by Gasteiger charge is 2.34. The molecule has 5 rings (SSSR count). The van der Waals surface area contributed by atoms with E-state index in [9.17, 15) is 4.79 Å². The van der Waals surface area contributed by atoms with Gasteiger partial charge in [-0.25, -0.2) is 0 Å². The maximum Gasteiger partial charge on any atom is 0.274 e. The molecule has 6 nitrogen and oxygen atoms in total. The number of fused-ring (bicyclic) bond motifs is 1. The first-order valence-electron chi connectivity index (χ1n) is 12.0. The molecule has 1 aromatic heterocycles. The number of carbonyl (C=O) groups is 1. The molecule has 0 spiro atoms. The van der Waals surface area contributed by atoms with Gasteiger partial charge >= 0.3 is 0 Å². The average Bonchev–Trinajstić information content (AvgIpc) is 3.17. The van der Waals surface area contributed by atoms with Crippen LogP contribution in [-0.2, 0) is 19.9 Å². The summed E-state index contributed by atoms with van der Waals surface area (Å²) in [6, 6.07) is 7.15. The molecule has 2 aromatic rings. The van der Waals surface area contributed by atoms with Crippen molar-refractivity contribution in [3.63, 3.8) is 0 Å². The number of nitrogens with zero attached hydrogens (tertiary/aromatic N) is 5. The molecular formula is C25H35N5OS. The van der Waals surface area contributed by atoms with Gasteiger partial charge in [-0.15, -0.1) is 0 Å². The molecule has 0 radical (unpaired) electrons. The molecule has 3 heterocycles. The molecule has 1 atom stereocenters. The quantitative estimate of drug-likeness (QED) is 0.715. The standard InChI is InChI=1S/C25H35N5OS/c1-18-5-4-6-22(19(18)2)29-11-9-28(10-12-29)20-7-8-23-21(17-20)24(26-27(23)3)25(31)30-13-15-32-16-14-30/h4-6,20H,7-17H2,1-3H3/t20-/m1/s1. The van der Waals surface area contributed by atoms with Crippen molar-refractivity contribution < 1.29 is 4.79 Å². The lowest BCUT2D eigenvalue weighted by atomic mass is 9.89. The molecule has 1 aromatic carbocycles. The van der Waals surface area contributed by atoms with Crippen molar-refractivity contribution in [1.82, 2.24) is 19.6 Å². The number of anilines is 1. The molecule has 0 N–H and O–H groups in total. The normalized spacial score (nSPS) is 22.2. The van der Waals surface area contributed by atoms with Gasteiger partial charge in [-0.1, -0.05) is 12.1 Å². The molecular weight excluding hydrogens is 418 g/mol. The minimum Gasteiger partial charge on any atom is -0.369 e. The predicted molar refractivity (Wildman–Crippen MR) is 132 cm³/mol. The van der Waals surface area contributed by atoms with Crippen LogP contribution in [0, 0.1) is 13.8 Å². The number of rotatable bonds is 3. The van der Waals surface area contributed by atoms with E-state index in [2.05, 4.69) is 41.8 Å². The van der Waals surface area contributed by atoms with Crippen LogP contribution in [0.5, 0.6) is 0 Å². The fraction of sp³-hybridized carbons (Fsp3) is 0.600. The fourth-order valence-electron chi connectivity index (χ4n) is 5.58. The second-order valence-electron chi connectivity index (χ2n) is 9.44. The van der Waals surface area contributed by atoms with Crippen LogP contribution in [0.25, 0.3) is 0 Å². The maximum atomic E-state index is 13.2. The van der Waals surface area contributed by atoms with Gasteiger partial charge in [-0.2, -0.15) is 16.9 Å². The first-order valence-corrected chi connectivity index (χ1v) is 13.2. The summed E-state index contributed by atoms with van der Waals surface area (Å²) in [7, 11) is 2.00. The number of hydrogen-bond donors (Lipinski definition) is 0. The summed E-state index contributed by atoms with van der Waals surface area (Å²) >= 11 is 1.93. The smallest absolute Gasteiger partial charge is 0.274 e. The Balaban J connectivity index is 1.28. The van der Waals surface area contributed by atoms with E-state index < -0.39 is 0 Å². The monoisotopic (exact) mass is 453 g/mol. The first kappa shape index (κ1) is 21.8. The van der Waals surface area contributed by atoms with Crippen molar-refractivity contribution >= 4 is 23.4 Å². The van der Waals surface area contributed by atoms with Crippen LogP contribution in [0.2, 0.25) is 0 Å². The lowest BCUT2D eigenvalue weighted by Gasteiger charge is -2.42. The van der Waals surface area contributed by atoms with E-state index in [0.29, 0.717) is 11.7 Å². The van der Waals surface area contributed by atoms with E-state index in [4.69, 9.17) is 5.10 Å². The Morgan fingerprint density at radius 1 is 1.06 bits per heavy atom. The molecule has 172 valence electrons. The summed E-state index contributed by atoms with van der Waals surface area (Å²) in [5.74, 6) is 2.21. The van der Waals surface area contributed by atoms with Crippen LogP contribution < -0.4 is 4.90 Å². The summed E-state index contributed by atoms with van der Waals surface area (Å²) in [5, 5.41) is 4.71. The highest BCUT2D eigenvalue weighted by atomic mass is 32.2. The number of thioether (sulfide) groups is 1. The number of piperazine rings is 1. The van der Waals surface area contributed by atoms with E-state index in [1.807, 2.05) is 28.4 Å². The average molecular weight is 454 g/mol. The summed E-state index contributed by atoms with van der Waals surface area (Å²) in [6.07, 6.45) is 3.13. The Morgan fingerprint density at radius 3 is 2.56 bits per heavy atom. The van der Waals surface area contributed by atoms with Gasteiger partial charge in [0.15, 0.2) is 5.69 Å². The molecule has 0 bridgehead atoms. The zero-order chi connectivity index (χ0) is 22.2. The van der Waals surface area contributed by atoms with E-state index in [0.717, 1.165) is 70.0 Å². The number of benzene rings is 1.